The van der Waals surface area contributed by atoms with E-state index in [1.54, 1.807) is 30.5 Å². The van der Waals surface area contributed by atoms with Gasteiger partial charge in [-0.25, -0.2) is 19.2 Å². The minimum Gasteiger partial charge on any atom is -0.396 e. The average molecular weight is 482 g/mol. The second kappa shape index (κ2) is 10.3. The highest BCUT2D eigenvalue weighted by molar-refractivity contribution is 6.33. The fraction of sp³-hybridized carbons (Fsp3) is 0.167. The van der Waals surface area contributed by atoms with Gasteiger partial charge in [-0.15, -0.1) is 0 Å². The van der Waals surface area contributed by atoms with Gasteiger partial charge < -0.3 is 22.1 Å². The Bertz CT molecular complexity index is 1270. The van der Waals surface area contributed by atoms with Crippen molar-refractivity contribution >= 4 is 52.4 Å². The van der Waals surface area contributed by atoms with Crippen molar-refractivity contribution in [1.29, 1.82) is 0 Å². The van der Waals surface area contributed by atoms with E-state index in [2.05, 4.69) is 25.6 Å². The first-order chi connectivity index (χ1) is 16.0. The molecular weight excluding hydrogens is 457 g/mol. The Balaban J connectivity index is 1.94. The van der Waals surface area contributed by atoms with Crippen LogP contribution in [0.2, 0.25) is 5.02 Å². The van der Waals surface area contributed by atoms with Crippen LogP contribution in [0.5, 0.6) is 0 Å². The third-order valence-electron chi connectivity index (χ3n) is 4.43. The summed E-state index contributed by atoms with van der Waals surface area (Å²) in [6.07, 6.45) is 3.18. The Morgan fingerprint density at radius 3 is 2.62 bits per heavy atom. The fourth-order valence-electron chi connectivity index (χ4n) is 2.86. The van der Waals surface area contributed by atoms with Crippen LogP contribution in [0.1, 0.15) is 32.0 Å². The standard InChI is InChI=1S/C24H25ClFN7O/c1-24(2,3)30-13-17(21(27)19-9-10-29-22(28)32-19)14-5-4-6-16(11-14)31-23(34)33-20-12-15(26)7-8-18(20)25/h4-13H,27H2,1-3H3,(H2,28,29,32)(H2,31,33,34). The van der Waals surface area contributed by atoms with E-state index in [0.717, 1.165) is 6.07 Å². The summed E-state index contributed by atoms with van der Waals surface area (Å²) in [6.45, 7) is 5.87. The number of allylic oxidation sites excluding steroid dienone is 1. The highest BCUT2D eigenvalue weighted by Gasteiger charge is 2.13. The molecule has 10 heteroatoms. The van der Waals surface area contributed by atoms with E-state index in [0.29, 0.717) is 28.2 Å². The maximum atomic E-state index is 13.5. The zero-order valence-corrected chi connectivity index (χ0v) is 19.7. The number of halogens is 2. The number of amides is 2. The Hall–Kier alpha value is -3.98. The van der Waals surface area contributed by atoms with E-state index >= 15 is 0 Å². The molecule has 2 amide bonds. The molecule has 8 nitrogen and oxygen atoms in total. The third-order valence-corrected chi connectivity index (χ3v) is 4.76. The maximum Gasteiger partial charge on any atom is 0.323 e. The molecule has 3 aromatic rings. The summed E-state index contributed by atoms with van der Waals surface area (Å²) in [6, 6.07) is 11.8. The molecule has 2 aromatic carbocycles. The van der Waals surface area contributed by atoms with Gasteiger partial charge in [0.2, 0.25) is 5.95 Å². The molecule has 0 radical (unpaired) electrons. The number of carbonyl (C=O) groups is 1. The van der Waals surface area contributed by atoms with Gasteiger partial charge in [-0.1, -0.05) is 23.7 Å². The van der Waals surface area contributed by atoms with E-state index in [9.17, 15) is 9.18 Å². The largest absolute Gasteiger partial charge is 0.396 e. The lowest BCUT2D eigenvalue weighted by atomic mass is 10.0. The highest BCUT2D eigenvalue weighted by atomic mass is 35.5. The van der Waals surface area contributed by atoms with Gasteiger partial charge >= 0.3 is 6.03 Å². The number of hydrogen-bond donors (Lipinski definition) is 4. The Labute approximate surface area is 202 Å². The molecule has 34 heavy (non-hydrogen) atoms. The van der Waals surface area contributed by atoms with E-state index in [1.165, 1.54) is 18.3 Å². The average Bonchev–Trinajstić information content (AvgIpc) is 2.76. The molecular formula is C24H25ClFN7O. The number of carbonyl (C=O) groups excluding carboxylic acids is 1. The molecule has 0 saturated heterocycles. The minimum absolute atomic E-state index is 0.0932. The number of rotatable bonds is 5. The van der Waals surface area contributed by atoms with Gasteiger partial charge in [-0.3, -0.25) is 4.99 Å². The number of nitrogens with one attached hydrogen (secondary N) is 2. The van der Waals surface area contributed by atoms with Crippen molar-refractivity contribution in [1.82, 2.24) is 9.97 Å². The first kappa shape index (κ1) is 24.7. The number of benzene rings is 2. The van der Waals surface area contributed by atoms with Gasteiger partial charge in [-0.05, 0) is 62.7 Å². The summed E-state index contributed by atoms with van der Waals surface area (Å²) in [5.74, 6) is -0.425. The summed E-state index contributed by atoms with van der Waals surface area (Å²) in [5.41, 5.74) is 14.5. The van der Waals surface area contributed by atoms with Crippen LogP contribution in [0, 0.1) is 5.82 Å². The van der Waals surface area contributed by atoms with Gasteiger partial charge in [0.1, 0.15) is 5.82 Å². The molecule has 1 heterocycles. The lowest BCUT2D eigenvalue weighted by Crippen LogP contribution is -2.19. The van der Waals surface area contributed by atoms with Crippen molar-refractivity contribution in [2.45, 2.75) is 26.3 Å². The van der Waals surface area contributed by atoms with Crippen LogP contribution in [-0.2, 0) is 0 Å². The molecule has 0 unspecified atom stereocenters. The molecule has 0 saturated carbocycles. The second-order valence-corrected chi connectivity index (χ2v) is 8.75. The molecule has 0 bridgehead atoms. The maximum absolute atomic E-state index is 13.5. The number of nitrogens with two attached hydrogens (primary N) is 2. The number of aromatic nitrogens is 2. The first-order valence-corrected chi connectivity index (χ1v) is 10.7. The fourth-order valence-corrected chi connectivity index (χ4v) is 3.03. The monoisotopic (exact) mass is 481 g/mol. The smallest absolute Gasteiger partial charge is 0.323 e. The number of hydrogen-bond acceptors (Lipinski definition) is 6. The van der Waals surface area contributed by atoms with E-state index in [4.69, 9.17) is 23.1 Å². The zero-order valence-electron chi connectivity index (χ0n) is 18.9. The lowest BCUT2D eigenvalue weighted by molar-refractivity contribution is 0.262. The number of urea groups is 1. The third kappa shape index (κ3) is 6.76. The van der Waals surface area contributed by atoms with Gasteiger partial charge in [0, 0.05) is 23.7 Å². The predicted molar refractivity (Wildman–Crippen MR) is 136 cm³/mol. The Kier molecular flexibility index (Phi) is 7.47. The van der Waals surface area contributed by atoms with Crippen molar-refractivity contribution in [3.63, 3.8) is 0 Å². The van der Waals surface area contributed by atoms with Crippen LogP contribution in [0.15, 0.2) is 59.7 Å². The van der Waals surface area contributed by atoms with Crippen molar-refractivity contribution < 1.29 is 9.18 Å². The minimum atomic E-state index is -0.588. The van der Waals surface area contributed by atoms with Crippen molar-refractivity contribution in [3.05, 3.63) is 76.8 Å². The summed E-state index contributed by atoms with van der Waals surface area (Å²) < 4.78 is 13.5. The topological polar surface area (TPSA) is 131 Å². The molecule has 3 rings (SSSR count). The van der Waals surface area contributed by atoms with Crippen LogP contribution in [0.25, 0.3) is 11.3 Å². The van der Waals surface area contributed by atoms with Crippen LogP contribution in [0.3, 0.4) is 0 Å². The number of anilines is 3. The summed E-state index contributed by atoms with van der Waals surface area (Å²) in [7, 11) is 0. The number of nitrogens with zero attached hydrogens (tertiary/aromatic N) is 3. The molecule has 176 valence electrons. The Morgan fingerprint density at radius 2 is 1.91 bits per heavy atom. The van der Waals surface area contributed by atoms with Gasteiger partial charge in [0.15, 0.2) is 0 Å². The summed E-state index contributed by atoms with van der Waals surface area (Å²) in [5, 5.41) is 5.45. The SMILES string of the molecule is CC(C)(C)N=CC(=C(N)c1ccnc(N)n1)c1cccc(NC(=O)Nc2cc(F)ccc2Cl)c1. The molecule has 0 atom stereocenters. The van der Waals surface area contributed by atoms with Gasteiger partial charge in [-0.2, -0.15) is 0 Å². The lowest BCUT2D eigenvalue weighted by Gasteiger charge is -2.15. The van der Waals surface area contributed by atoms with E-state index in [-0.39, 0.29) is 22.2 Å². The molecule has 6 N–H and O–H groups in total. The molecule has 0 aliphatic heterocycles. The molecule has 0 aliphatic rings. The number of aliphatic imine (C=N–C) groups is 1. The molecule has 0 spiro atoms. The van der Waals surface area contributed by atoms with Crippen molar-refractivity contribution in [3.8, 4) is 0 Å². The normalized spacial score (nSPS) is 12.4. The molecule has 0 aliphatic carbocycles. The highest BCUT2D eigenvalue weighted by Crippen LogP contribution is 2.25. The van der Waals surface area contributed by atoms with Crippen LogP contribution in [-0.4, -0.2) is 27.8 Å². The second-order valence-electron chi connectivity index (χ2n) is 8.34. The van der Waals surface area contributed by atoms with Crippen LogP contribution < -0.4 is 22.1 Å². The Morgan fingerprint density at radius 1 is 1.15 bits per heavy atom. The summed E-state index contributed by atoms with van der Waals surface area (Å²) >= 11 is 6.02. The van der Waals surface area contributed by atoms with Crippen molar-refractivity contribution in [2.75, 3.05) is 16.4 Å². The predicted octanol–water partition coefficient (Wildman–Crippen LogP) is 5.19. The zero-order chi connectivity index (χ0) is 24.9. The van der Waals surface area contributed by atoms with E-state index < -0.39 is 11.8 Å². The quantitative estimate of drug-likeness (QED) is 0.372. The van der Waals surface area contributed by atoms with Gasteiger partial charge in [0.25, 0.3) is 0 Å². The first-order valence-electron chi connectivity index (χ1n) is 10.3. The van der Waals surface area contributed by atoms with Crippen LogP contribution in [0.4, 0.5) is 26.5 Å². The number of nitrogen functional groups attached to an aromatic ring is 1. The van der Waals surface area contributed by atoms with Crippen LogP contribution >= 0.6 is 11.6 Å². The van der Waals surface area contributed by atoms with Crippen molar-refractivity contribution in [2.24, 2.45) is 10.7 Å². The molecule has 1 aromatic heterocycles. The summed E-state index contributed by atoms with van der Waals surface area (Å²) in [4.78, 5) is 25.2. The molecule has 0 fully saturated rings. The van der Waals surface area contributed by atoms with E-state index in [1.807, 2.05) is 26.8 Å². The van der Waals surface area contributed by atoms with Gasteiger partial charge in [0.05, 0.1) is 27.6 Å².